The van der Waals surface area contributed by atoms with Crippen LogP contribution >= 0.6 is 0 Å². The Morgan fingerprint density at radius 3 is 2.88 bits per heavy atom. The Hall–Kier alpha value is -2.03. The third-order valence-corrected chi connectivity index (χ3v) is 2.96. The lowest BCUT2D eigenvalue weighted by Crippen LogP contribution is -1.96. The van der Waals surface area contributed by atoms with E-state index in [0.717, 1.165) is 24.2 Å². The van der Waals surface area contributed by atoms with E-state index in [-0.39, 0.29) is 0 Å². The zero-order valence-electron chi connectivity index (χ0n) is 9.54. The zero-order chi connectivity index (χ0) is 11.5. The molecule has 3 nitrogen and oxygen atoms in total. The molecule has 3 rings (SSSR count). The predicted octanol–water partition coefficient (Wildman–Crippen LogP) is 2.81. The van der Waals surface area contributed by atoms with Gasteiger partial charge in [-0.2, -0.15) is 0 Å². The second-order valence-corrected chi connectivity index (χ2v) is 4.13. The molecular formula is C14H14N2O. The first-order valence-corrected chi connectivity index (χ1v) is 5.82. The molecule has 0 saturated heterocycles. The average molecular weight is 226 g/mol. The number of rotatable bonds is 3. The molecule has 0 fully saturated rings. The Morgan fingerprint density at radius 2 is 2.00 bits per heavy atom. The summed E-state index contributed by atoms with van der Waals surface area (Å²) in [6.07, 6.45) is 3.04. The van der Waals surface area contributed by atoms with Crippen LogP contribution < -0.4 is 0 Å². The van der Waals surface area contributed by atoms with Crippen LogP contribution in [0.4, 0.5) is 0 Å². The van der Waals surface area contributed by atoms with E-state index in [4.69, 9.17) is 4.84 Å². The van der Waals surface area contributed by atoms with Gasteiger partial charge >= 0.3 is 0 Å². The maximum Gasteiger partial charge on any atom is 0.142 e. The molecule has 86 valence electrons. The fraction of sp³-hybridized carbons (Fsp3) is 0.214. The average Bonchev–Trinajstić information content (AvgIpc) is 2.95. The van der Waals surface area contributed by atoms with Gasteiger partial charge in [-0.3, -0.25) is 0 Å². The van der Waals surface area contributed by atoms with Crippen molar-refractivity contribution in [3.63, 3.8) is 0 Å². The van der Waals surface area contributed by atoms with Gasteiger partial charge in [0.1, 0.15) is 12.3 Å². The summed E-state index contributed by atoms with van der Waals surface area (Å²) in [6.45, 7) is 1.54. The van der Waals surface area contributed by atoms with Gasteiger partial charge in [0.25, 0.3) is 0 Å². The van der Waals surface area contributed by atoms with Crippen LogP contribution in [-0.2, 0) is 18.0 Å². The van der Waals surface area contributed by atoms with Crippen LogP contribution in [0.25, 0.3) is 0 Å². The van der Waals surface area contributed by atoms with Crippen molar-refractivity contribution in [2.24, 2.45) is 5.16 Å². The molecule has 2 aromatic rings. The number of oxime groups is 1. The third kappa shape index (κ3) is 2.09. The molecule has 0 bridgehead atoms. The molecule has 0 saturated carbocycles. The number of benzene rings is 1. The Balaban J connectivity index is 1.65. The van der Waals surface area contributed by atoms with E-state index < -0.39 is 0 Å². The number of aryl methyl sites for hydroxylation is 1. The van der Waals surface area contributed by atoms with Gasteiger partial charge in [0, 0.05) is 19.2 Å². The summed E-state index contributed by atoms with van der Waals surface area (Å²) in [5.41, 5.74) is 3.37. The van der Waals surface area contributed by atoms with Crippen molar-refractivity contribution in [2.75, 3.05) is 0 Å². The third-order valence-electron chi connectivity index (χ3n) is 2.96. The minimum atomic E-state index is 0.533. The molecule has 1 aliphatic rings. The van der Waals surface area contributed by atoms with Crippen molar-refractivity contribution in [3.05, 3.63) is 59.9 Å². The topological polar surface area (TPSA) is 26.5 Å². The smallest absolute Gasteiger partial charge is 0.142 e. The molecule has 0 N–H and O–H groups in total. The van der Waals surface area contributed by atoms with Crippen molar-refractivity contribution >= 4 is 5.71 Å². The molecule has 17 heavy (non-hydrogen) atoms. The highest BCUT2D eigenvalue weighted by Crippen LogP contribution is 2.16. The van der Waals surface area contributed by atoms with Gasteiger partial charge in [-0.1, -0.05) is 35.5 Å². The van der Waals surface area contributed by atoms with E-state index >= 15 is 0 Å². The summed E-state index contributed by atoms with van der Waals surface area (Å²) in [6, 6.07) is 14.2. The van der Waals surface area contributed by atoms with E-state index in [0.29, 0.717) is 6.61 Å². The van der Waals surface area contributed by atoms with E-state index in [1.165, 1.54) is 5.69 Å². The minimum Gasteiger partial charge on any atom is -0.391 e. The first-order chi connectivity index (χ1) is 8.43. The maximum absolute atomic E-state index is 5.40. The molecule has 0 spiro atoms. The highest BCUT2D eigenvalue weighted by atomic mass is 16.6. The molecule has 1 aromatic carbocycles. The standard InChI is InChI=1S/C14H14N2O/c1-2-5-12(6-3-1)11-17-15-13-8-10-16-9-4-7-14(13)16/h1-7,9H,8,10-11H2/b15-13-. The van der Waals surface area contributed by atoms with Crippen molar-refractivity contribution < 1.29 is 4.84 Å². The Morgan fingerprint density at radius 1 is 1.12 bits per heavy atom. The summed E-state index contributed by atoms with van der Waals surface area (Å²) in [5.74, 6) is 0. The quantitative estimate of drug-likeness (QED) is 0.739. The zero-order valence-corrected chi connectivity index (χ0v) is 9.54. The summed E-state index contributed by atoms with van der Waals surface area (Å²) < 4.78 is 2.20. The summed E-state index contributed by atoms with van der Waals surface area (Å²) in [5, 5.41) is 4.23. The van der Waals surface area contributed by atoms with Gasteiger partial charge < -0.3 is 9.40 Å². The number of fused-ring (bicyclic) bond motifs is 1. The molecule has 0 amide bonds. The van der Waals surface area contributed by atoms with E-state index in [9.17, 15) is 0 Å². The first-order valence-electron chi connectivity index (χ1n) is 5.82. The molecular weight excluding hydrogens is 212 g/mol. The van der Waals surface area contributed by atoms with Crippen LogP contribution in [0.1, 0.15) is 17.7 Å². The predicted molar refractivity (Wildman–Crippen MR) is 66.8 cm³/mol. The van der Waals surface area contributed by atoms with Gasteiger partial charge in [0.15, 0.2) is 0 Å². The second-order valence-electron chi connectivity index (χ2n) is 4.13. The normalized spacial score (nSPS) is 16.1. The Labute approximate surface area is 100 Å². The highest BCUT2D eigenvalue weighted by molar-refractivity contribution is 6.00. The Kier molecular flexibility index (Phi) is 2.66. The minimum absolute atomic E-state index is 0.533. The van der Waals surface area contributed by atoms with Gasteiger partial charge in [-0.25, -0.2) is 0 Å². The van der Waals surface area contributed by atoms with Gasteiger partial charge in [0.2, 0.25) is 0 Å². The first kappa shape index (κ1) is 10.1. The van der Waals surface area contributed by atoms with Crippen LogP contribution in [0.15, 0.2) is 53.8 Å². The van der Waals surface area contributed by atoms with Crippen LogP contribution in [0, 0.1) is 0 Å². The SMILES string of the molecule is c1ccc(CO/N=C2/CCn3cccc32)cc1. The lowest BCUT2D eigenvalue weighted by atomic mass is 10.2. The molecule has 2 heterocycles. The maximum atomic E-state index is 5.40. The number of aromatic nitrogens is 1. The lowest BCUT2D eigenvalue weighted by molar-refractivity contribution is 0.130. The molecule has 0 atom stereocenters. The Bertz CT molecular complexity index is 528. The molecule has 1 aromatic heterocycles. The summed E-state index contributed by atoms with van der Waals surface area (Å²) >= 11 is 0. The molecule has 0 radical (unpaired) electrons. The monoisotopic (exact) mass is 226 g/mol. The van der Waals surface area contributed by atoms with Crippen LogP contribution in [0.3, 0.4) is 0 Å². The number of hydrogen-bond acceptors (Lipinski definition) is 2. The highest BCUT2D eigenvalue weighted by Gasteiger charge is 2.16. The fourth-order valence-corrected chi connectivity index (χ4v) is 2.08. The van der Waals surface area contributed by atoms with E-state index in [2.05, 4.69) is 22.0 Å². The van der Waals surface area contributed by atoms with Crippen molar-refractivity contribution in [1.29, 1.82) is 0 Å². The van der Waals surface area contributed by atoms with Gasteiger partial charge in [-0.15, -0.1) is 0 Å². The fourth-order valence-electron chi connectivity index (χ4n) is 2.08. The van der Waals surface area contributed by atoms with Gasteiger partial charge in [-0.05, 0) is 17.7 Å². The summed E-state index contributed by atoms with van der Waals surface area (Å²) in [7, 11) is 0. The van der Waals surface area contributed by atoms with Crippen LogP contribution in [-0.4, -0.2) is 10.3 Å². The van der Waals surface area contributed by atoms with Crippen molar-refractivity contribution in [2.45, 2.75) is 19.6 Å². The van der Waals surface area contributed by atoms with E-state index in [1.54, 1.807) is 0 Å². The van der Waals surface area contributed by atoms with Crippen molar-refractivity contribution in [1.82, 2.24) is 4.57 Å². The number of hydrogen-bond donors (Lipinski definition) is 0. The lowest BCUT2D eigenvalue weighted by Gasteiger charge is -2.00. The molecule has 0 unspecified atom stereocenters. The van der Waals surface area contributed by atoms with Crippen molar-refractivity contribution in [3.8, 4) is 0 Å². The number of nitrogens with zero attached hydrogens (tertiary/aromatic N) is 2. The van der Waals surface area contributed by atoms with E-state index in [1.807, 2.05) is 36.4 Å². The molecule has 3 heteroatoms. The van der Waals surface area contributed by atoms with Gasteiger partial charge in [0.05, 0.1) is 5.69 Å². The summed E-state index contributed by atoms with van der Waals surface area (Å²) in [4.78, 5) is 5.40. The molecule has 1 aliphatic heterocycles. The van der Waals surface area contributed by atoms with Crippen LogP contribution in [0.5, 0.6) is 0 Å². The largest absolute Gasteiger partial charge is 0.391 e. The molecule has 0 aliphatic carbocycles. The van der Waals surface area contributed by atoms with Crippen LogP contribution in [0.2, 0.25) is 0 Å². The second kappa shape index (κ2) is 4.45.